The minimum atomic E-state index is -0.793. The molecule has 7 nitrogen and oxygen atoms in total. The van der Waals surface area contributed by atoms with E-state index in [1.165, 1.54) is 30.5 Å². The molecule has 4 aromatic rings. The molecule has 9 heteroatoms. The Labute approximate surface area is 229 Å². The zero-order valence-corrected chi connectivity index (χ0v) is 21.4. The summed E-state index contributed by atoms with van der Waals surface area (Å²) >= 11 is 0. The molecular weight excluding hydrogens is 516 g/mol. The summed E-state index contributed by atoms with van der Waals surface area (Å²) in [6.45, 7) is 0.417. The number of pyridine rings is 1. The zero-order chi connectivity index (χ0) is 27.6. The number of halogens is 2. The summed E-state index contributed by atoms with van der Waals surface area (Å²) in [6, 6.07) is 20.4. The molecule has 1 aromatic heterocycles. The molecule has 0 fully saturated rings. The van der Waals surface area contributed by atoms with Gasteiger partial charge in [0, 0.05) is 24.4 Å². The van der Waals surface area contributed by atoms with Crippen molar-refractivity contribution in [2.75, 3.05) is 24.8 Å². The average Bonchev–Trinajstić information content (AvgIpc) is 2.99. The Hall–Kier alpha value is -4.92. The molecule has 1 atom stereocenters. The Bertz CT molecular complexity index is 1650. The zero-order valence-electron chi connectivity index (χ0n) is 21.4. The first kappa shape index (κ1) is 25.4. The van der Waals surface area contributed by atoms with E-state index < -0.39 is 29.0 Å². The van der Waals surface area contributed by atoms with Crippen molar-refractivity contribution in [2.45, 2.75) is 12.6 Å². The fourth-order valence-electron chi connectivity index (χ4n) is 5.07. The number of hydrogen-bond acceptors (Lipinski definition) is 5. The normalized spacial score (nSPS) is 17.2. The number of ether oxygens (including phenoxy) is 2. The second-order valence-corrected chi connectivity index (χ2v) is 9.48. The highest BCUT2D eigenvalue weighted by molar-refractivity contribution is 5.96. The molecular formula is C31H25F2N3O4. The molecule has 2 bridgehead atoms. The van der Waals surface area contributed by atoms with Gasteiger partial charge in [-0.3, -0.25) is 19.3 Å². The topological polar surface area (TPSA) is 64.0 Å². The van der Waals surface area contributed by atoms with Crippen molar-refractivity contribution in [2.24, 2.45) is 0 Å². The maximum absolute atomic E-state index is 15.2. The van der Waals surface area contributed by atoms with Crippen molar-refractivity contribution >= 4 is 5.91 Å². The molecule has 6 rings (SSSR count). The maximum atomic E-state index is 15.2. The van der Waals surface area contributed by atoms with Gasteiger partial charge < -0.3 is 14.4 Å². The minimum Gasteiger partial charge on any atom is -0.486 e. The second-order valence-electron chi connectivity index (χ2n) is 9.48. The SMILES string of the molecule is O=C1c2c(OCc3ccccc3)c(=O)ccn2N2CN1C/C=C\COc1c(F)cccc1[C@@H]2c1cccc(F)c1. The van der Waals surface area contributed by atoms with Gasteiger partial charge in [0.1, 0.15) is 31.7 Å². The van der Waals surface area contributed by atoms with E-state index in [1.807, 2.05) is 30.3 Å². The van der Waals surface area contributed by atoms with Gasteiger partial charge in [-0.1, -0.05) is 60.7 Å². The van der Waals surface area contributed by atoms with E-state index in [0.717, 1.165) is 5.56 Å². The molecule has 202 valence electrons. The lowest BCUT2D eigenvalue weighted by Crippen LogP contribution is -2.55. The first-order valence-electron chi connectivity index (χ1n) is 12.8. The number of benzene rings is 3. The fourth-order valence-corrected chi connectivity index (χ4v) is 5.07. The largest absolute Gasteiger partial charge is 0.486 e. The van der Waals surface area contributed by atoms with Crippen LogP contribution in [0.5, 0.6) is 11.5 Å². The van der Waals surface area contributed by atoms with Crippen LogP contribution in [0.25, 0.3) is 0 Å². The van der Waals surface area contributed by atoms with Crippen LogP contribution in [-0.2, 0) is 6.61 Å². The summed E-state index contributed by atoms with van der Waals surface area (Å²) < 4.78 is 43.1. The summed E-state index contributed by atoms with van der Waals surface area (Å²) in [7, 11) is 0. The first-order chi connectivity index (χ1) is 19.5. The van der Waals surface area contributed by atoms with Crippen molar-refractivity contribution in [1.82, 2.24) is 9.58 Å². The molecule has 0 saturated carbocycles. The Morgan fingerprint density at radius 3 is 2.58 bits per heavy atom. The number of amides is 1. The third-order valence-corrected chi connectivity index (χ3v) is 6.91. The Balaban J connectivity index is 1.57. The summed E-state index contributed by atoms with van der Waals surface area (Å²) in [4.78, 5) is 28.5. The van der Waals surface area contributed by atoms with E-state index in [1.54, 1.807) is 51.0 Å². The van der Waals surface area contributed by atoms with Crippen molar-refractivity contribution in [3.63, 3.8) is 0 Å². The van der Waals surface area contributed by atoms with Gasteiger partial charge in [0.05, 0.1) is 0 Å². The highest BCUT2D eigenvalue weighted by atomic mass is 19.1. The number of carbonyl (C=O) groups is 1. The Kier molecular flexibility index (Phi) is 6.77. The Morgan fingerprint density at radius 1 is 0.925 bits per heavy atom. The molecule has 3 heterocycles. The fraction of sp³-hybridized carbons (Fsp3) is 0.161. The molecule has 2 aliphatic rings. The average molecular weight is 542 g/mol. The molecule has 2 aliphatic heterocycles. The molecule has 3 aromatic carbocycles. The number of rotatable bonds is 4. The highest BCUT2D eigenvalue weighted by Crippen LogP contribution is 2.38. The van der Waals surface area contributed by atoms with Gasteiger partial charge in [-0.15, -0.1) is 0 Å². The van der Waals surface area contributed by atoms with Crippen LogP contribution in [0, 0.1) is 11.6 Å². The smallest absolute Gasteiger partial charge is 0.278 e. The van der Waals surface area contributed by atoms with E-state index in [2.05, 4.69) is 0 Å². The number of carbonyl (C=O) groups excluding carboxylic acids is 1. The molecule has 0 unspecified atom stereocenters. The summed E-state index contributed by atoms with van der Waals surface area (Å²) in [5.41, 5.74) is 1.35. The number of para-hydroxylation sites is 1. The van der Waals surface area contributed by atoms with Crippen molar-refractivity contribution < 1.29 is 23.0 Å². The predicted molar refractivity (Wildman–Crippen MR) is 145 cm³/mol. The van der Waals surface area contributed by atoms with Crippen LogP contribution in [0.1, 0.15) is 33.2 Å². The van der Waals surface area contributed by atoms with Gasteiger partial charge in [-0.05, 0) is 35.4 Å². The molecule has 1 amide bonds. The number of hydrogen-bond donors (Lipinski definition) is 0. The monoisotopic (exact) mass is 541 g/mol. The van der Waals surface area contributed by atoms with Crippen LogP contribution < -0.4 is 19.9 Å². The molecule has 0 radical (unpaired) electrons. The van der Waals surface area contributed by atoms with Crippen LogP contribution in [0.4, 0.5) is 8.78 Å². The van der Waals surface area contributed by atoms with Crippen LogP contribution in [0.2, 0.25) is 0 Å². The summed E-state index contributed by atoms with van der Waals surface area (Å²) in [5, 5.41) is 1.78. The van der Waals surface area contributed by atoms with Crippen LogP contribution in [-0.4, -0.2) is 35.3 Å². The molecule has 0 saturated heterocycles. The highest BCUT2D eigenvalue weighted by Gasteiger charge is 2.38. The minimum absolute atomic E-state index is 0.0231. The van der Waals surface area contributed by atoms with Gasteiger partial charge in [-0.2, -0.15) is 0 Å². The molecule has 40 heavy (non-hydrogen) atoms. The van der Waals surface area contributed by atoms with Gasteiger partial charge in [0.2, 0.25) is 5.43 Å². The number of aromatic nitrogens is 1. The number of fused-ring (bicyclic) bond motifs is 5. The van der Waals surface area contributed by atoms with E-state index >= 15 is 4.39 Å². The van der Waals surface area contributed by atoms with Crippen molar-refractivity contribution in [3.05, 3.63) is 141 Å². The Morgan fingerprint density at radius 2 is 1.75 bits per heavy atom. The molecule has 0 aliphatic carbocycles. The van der Waals surface area contributed by atoms with Gasteiger partial charge in [-0.25, -0.2) is 8.78 Å². The maximum Gasteiger partial charge on any atom is 0.278 e. The van der Waals surface area contributed by atoms with Gasteiger partial charge >= 0.3 is 0 Å². The van der Waals surface area contributed by atoms with E-state index in [-0.39, 0.29) is 43.6 Å². The predicted octanol–water partition coefficient (Wildman–Crippen LogP) is 4.80. The van der Waals surface area contributed by atoms with Crippen molar-refractivity contribution in [1.29, 1.82) is 0 Å². The number of nitrogens with zero attached hydrogens (tertiary/aromatic N) is 3. The third-order valence-electron chi connectivity index (χ3n) is 6.91. The van der Waals surface area contributed by atoms with E-state index in [4.69, 9.17) is 9.47 Å². The standard InChI is InChI=1S/C31H25F2N3O4/c32-23-11-6-10-22(18-23)27-24-12-7-13-25(33)29(24)39-17-5-4-15-34-20-36(27)35-16-14-26(37)30(28(35)31(34)38)40-19-21-8-2-1-3-9-21/h1-14,16,18,27H,15,17,19-20H2/b5-4-/t27-/m0/s1. The van der Waals surface area contributed by atoms with E-state index in [9.17, 15) is 14.0 Å². The van der Waals surface area contributed by atoms with Gasteiger partial charge in [0.25, 0.3) is 5.91 Å². The third kappa shape index (κ3) is 4.70. The first-order valence-corrected chi connectivity index (χ1v) is 12.8. The lowest BCUT2D eigenvalue weighted by atomic mass is 9.96. The van der Waals surface area contributed by atoms with Crippen molar-refractivity contribution in [3.8, 4) is 11.5 Å². The lowest BCUT2D eigenvalue weighted by Gasteiger charge is -2.44. The van der Waals surface area contributed by atoms with Crippen LogP contribution in [0.3, 0.4) is 0 Å². The van der Waals surface area contributed by atoms with Gasteiger partial charge in [0.15, 0.2) is 23.0 Å². The summed E-state index contributed by atoms with van der Waals surface area (Å²) in [5.74, 6) is -1.51. The van der Waals surface area contributed by atoms with E-state index in [0.29, 0.717) is 11.1 Å². The van der Waals surface area contributed by atoms with Crippen LogP contribution in [0.15, 0.2) is 102 Å². The summed E-state index contributed by atoms with van der Waals surface area (Å²) in [6.07, 6.45) is 4.94. The van der Waals surface area contributed by atoms with Crippen LogP contribution >= 0.6 is 0 Å². The molecule has 0 N–H and O–H groups in total. The quantitative estimate of drug-likeness (QED) is 0.348. The lowest BCUT2D eigenvalue weighted by molar-refractivity contribution is 0.0698. The molecule has 0 spiro atoms. The second kappa shape index (κ2) is 10.7.